The molecule has 21 heavy (non-hydrogen) atoms. The minimum atomic E-state index is 0.119. The highest BCUT2D eigenvalue weighted by Crippen LogP contribution is 2.24. The van der Waals surface area contributed by atoms with Gasteiger partial charge in [0.1, 0.15) is 0 Å². The largest absolute Gasteiger partial charge is 0.358 e. The van der Waals surface area contributed by atoms with Crippen molar-refractivity contribution >= 4 is 16.8 Å². The number of hydrogen-bond donors (Lipinski definition) is 2. The number of fused-ring (bicyclic) bond motifs is 1. The molecule has 0 bridgehead atoms. The third-order valence-electron chi connectivity index (χ3n) is 4.81. The van der Waals surface area contributed by atoms with Crippen LogP contribution < -0.4 is 5.73 Å². The van der Waals surface area contributed by atoms with E-state index in [0.29, 0.717) is 5.92 Å². The highest BCUT2D eigenvalue weighted by molar-refractivity contribution is 5.99. The molecule has 2 heterocycles. The molecule has 1 aromatic heterocycles. The van der Waals surface area contributed by atoms with E-state index in [1.807, 2.05) is 23.1 Å². The number of carbonyl (C=O) groups excluding carboxylic acids is 1. The first-order valence-electron chi connectivity index (χ1n) is 7.61. The number of carbonyl (C=O) groups is 1. The summed E-state index contributed by atoms with van der Waals surface area (Å²) in [6, 6.07) is 6.14. The molecule has 2 aromatic rings. The molecule has 1 fully saturated rings. The van der Waals surface area contributed by atoms with Crippen LogP contribution in [0.1, 0.15) is 35.0 Å². The molecule has 1 aromatic carbocycles. The van der Waals surface area contributed by atoms with Crippen LogP contribution in [-0.4, -0.2) is 34.9 Å². The number of likely N-dealkylation sites (tertiary alicyclic amines) is 1. The Bertz CT molecular complexity index is 689. The Kier molecular flexibility index (Phi) is 3.49. The molecule has 0 saturated carbocycles. The smallest absolute Gasteiger partial charge is 0.253 e. The molecule has 0 spiro atoms. The predicted octanol–water partition coefficient (Wildman–Crippen LogP) is 2.59. The summed E-state index contributed by atoms with van der Waals surface area (Å²) in [5.41, 5.74) is 10.3. The fourth-order valence-corrected chi connectivity index (χ4v) is 3.13. The molecule has 2 atom stereocenters. The molecule has 3 N–H and O–H groups in total. The highest BCUT2D eigenvalue weighted by atomic mass is 16.2. The second-order valence-electron chi connectivity index (χ2n) is 6.32. The van der Waals surface area contributed by atoms with Gasteiger partial charge in [-0.05, 0) is 49.9 Å². The Morgan fingerprint density at radius 3 is 2.86 bits per heavy atom. The van der Waals surface area contributed by atoms with Gasteiger partial charge in [-0.2, -0.15) is 0 Å². The first kappa shape index (κ1) is 14.1. The minimum Gasteiger partial charge on any atom is -0.358 e. The lowest BCUT2D eigenvalue weighted by Gasteiger charge is -2.35. The first-order valence-corrected chi connectivity index (χ1v) is 7.61. The SMILES string of the molecule is Cc1[nH]c2ccc(C(=O)N3CCC(N)C(C)C3)cc2c1C. The Hall–Kier alpha value is -1.81. The number of H-pyrrole nitrogens is 1. The summed E-state index contributed by atoms with van der Waals surface area (Å²) in [6.07, 6.45) is 0.886. The summed E-state index contributed by atoms with van der Waals surface area (Å²) < 4.78 is 0. The molecule has 1 aliphatic rings. The molecule has 3 rings (SSSR count). The Balaban J connectivity index is 1.89. The Morgan fingerprint density at radius 2 is 2.14 bits per heavy atom. The van der Waals surface area contributed by atoms with Crippen molar-refractivity contribution in [1.29, 1.82) is 0 Å². The summed E-state index contributed by atoms with van der Waals surface area (Å²) in [7, 11) is 0. The number of nitrogens with one attached hydrogen (secondary N) is 1. The molecule has 0 radical (unpaired) electrons. The van der Waals surface area contributed by atoms with E-state index < -0.39 is 0 Å². The fraction of sp³-hybridized carbons (Fsp3) is 0.471. The summed E-state index contributed by atoms with van der Waals surface area (Å²) in [6.45, 7) is 7.78. The van der Waals surface area contributed by atoms with E-state index in [1.165, 1.54) is 5.56 Å². The number of rotatable bonds is 1. The van der Waals surface area contributed by atoms with Gasteiger partial charge in [0, 0.05) is 41.3 Å². The van der Waals surface area contributed by atoms with Gasteiger partial charge in [0.25, 0.3) is 5.91 Å². The number of aromatic nitrogens is 1. The van der Waals surface area contributed by atoms with E-state index in [2.05, 4.69) is 25.8 Å². The zero-order valence-corrected chi connectivity index (χ0v) is 12.9. The van der Waals surface area contributed by atoms with Gasteiger partial charge in [0.15, 0.2) is 0 Å². The predicted molar refractivity (Wildman–Crippen MR) is 85.4 cm³/mol. The first-order chi connectivity index (χ1) is 9.97. The number of aromatic amines is 1. The highest BCUT2D eigenvalue weighted by Gasteiger charge is 2.27. The van der Waals surface area contributed by atoms with Crippen LogP contribution in [0.2, 0.25) is 0 Å². The van der Waals surface area contributed by atoms with Gasteiger partial charge in [-0.25, -0.2) is 0 Å². The van der Waals surface area contributed by atoms with Crippen LogP contribution in [0, 0.1) is 19.8 Å². The van der Waals surface area contributed by atoms with Crippen LogP contribution in [0.4, 0.5) is 0 Å². The van der Waals surface area contributed by atoms with Crippen LogP contribution in [-0.2, 0) is 0 Å². The molecule has 0 aliphatic carbocycles. The van der Waals surface area contributed by atoms with E-state index in [4.69, 9.17) is 5.73 Å². The van der Waals surface area contributed by atoms with Crippen LogP contribution in [0.15, 0.2) is 18.2 Å². The average molecular weight is 285 g/mol. The molecule has 1 saturated heterocycles. The maximum absolute atomic E-state index is 12.7. The lowest BCUT2D eigenvalue weighted by Crippen LogP contribution is -2.48. The van der Waals surface area contributed by atoms with Gasteiger partial charge >= 0.3 is 0 Å². The van der Waals surface area contributed by atoms with Gasteiger partial charge < -0.3 is 15.6 Å². The van der Waals surface area contributed by atoms with Crippen molar-refractivity contribution in [1.82, 2.24) is 9.88 Å². The van der Waals surface area contributed by atoms with Crippen molar-refractivity contribution in [2.75, 3.05) is 13.1 Å². The van der Waals surface area contributed by atoms with Crippen LogP contribution in [0.5, 0.6) is 0 Å². The van der Waals surface area contributed by atoms with Gasteiger partial charge in [0.05, 0.1) is 0 Å². The standard InChI is InChI=1S/C17H23N3O/c1-10-9-20(7-6-15(10)18)17(21)13-4-5-16-14(8-13)11(2)12(3)19-16/h4-5,8,10,15,19H,6-7,9,18H2,1-3H3. The van der Waals surface area contributed by atoms with Crippen LogP contribution in [0.3, 0.4) is 0 Å². The number of nitrogens with two attached hydrogens (primary N) is 1. The lowest BCUT2D eigenvalue weighted by molar-refractivity contribution is 0.0664. The molecule has 2 unspecified atom stereocenters. The van der Waals surface area contributed by atoms with E-state index in [1.54, 1.807) is 0 Å². The third kappa shape index (κ3) is 2.44. The molecule has 1 aliphatic heterocycles. The van der Waals surface area contributed by atoms with Crippen molar-refractivity contribution < 1.29 is 4.79 Å². The number of benzene rings is 1. The number of aryl methyl sites for hydroxylation is 2. The van der Waals surface area contributed by atoms with E-state index in [9.17, 15) is 4.79 Å². The number of nitrogens with zero attached hydrogens (tertiary/aromatic N) is 1. The van der Waals surface area contributed by atoms with E-state index >= 15 is 0 Å². The van der Waals surface area contributed by atoms with Gasteiger partial charge in [-0.1, -0.05) is 6.92 Å². The van der Waals surface area contributed by atoms with E-state index in [0.717, 1.165) is 41.7 Å². The van der Waals surface area contributed by atoms with Crippen LogP contribution in [0.25, 0.3) is 10.9 Å². The second-order valence-corrected chi connectivity index (χ2v) is 6.32. The van der Waals surface area contributed by atoms with Gasteiger partial charge in [-0.3, -0.25) is 4.79 Å². The quantitative estimate of drug-likeness (QED) is 0.846. The number of amides is 1. The minimum absolute atomic E-state index is 0.119. The van der Waals surface area contributed by atoms with Crippen LogP contribution >= 0.6 is 0 Å². The van der Waals surface area contributed by atoms with Crippen molar-refractivity contribution in [3.05, 3.63) is 35.0 Å². The fourth-order valence-electron chi connectivity index (χ4n) is 3.13. The molecule has 1 amide bonds. The van der Waals surface area contributed by atoms with Crippen molar-refractivity contribution in [3.8, 4) is 0 Å². The lowest BCUT2D eigenvalue weighted by atomic mass is 9.94. The Labute approximate surface area is 125 Å². The molecular weight excluding hydrogens is 262 g/mol. The zero-order valence-electron chi connectivity index (χ0n) is 12.9. The average Bonchev–Trinajstić information content (AvgIpc) is 2.76. The summed E-state index contributed by atoms with van der Waals surface area (Å²) in [5.74, 6) is 0.483. The molecular formula is C17H23N3O. The van der Waals surface area contributed by atoms with Crippen molar-refractivity contribution in [3.63, 3.8) is 0 Å². The zero-order chi connectivity index (χ0) is 15.1. The third-order valence-corrected chi connectivity index (χ3v) is 4.81. The Morgan fingerprint density at radius 1 is 1.38 bits per heavy atom. The number of hydrogen-bond acceptors (Lipinski definition) is 2. The maximum atomic E-state index is 12.7. The summed E-state index contributed by atoms with van der Waals surface area (Å²) in [4.78, 5) is 18.0. The summed E-state index contributed by atoms with van der Waals surface area (Å²) in [5, 5.41) is 1.14. The summed E-state index contributed by atoms with van der Waals surface area (Å²) >= 11 is 0. The second kappa shape index (κ2) is 5.19. The van der Waals surface area contributed by atoms with Gasteiger partial charge in [-0.15, -0.1) is 0 Å². The van der Waals surface area contributed by atoms with Crippen molar-refractivity contribution in [2.45, 2.75) is 33.2 Å². The topological polar surface area (TPSA) is 62.1 Å². The van der Waals surface area contributed by atoms with Crippen molar-refractivity contribution in [2.24, 2.45) is 11.7 Å². The van der Waals surface area contributed by atoms with Gasteiger partial charge in [0.2, 0.25) is 0 Å². The molecule has 4 heteroatoms. The monoisotopic (exact) mass is 285 g/mol. The van der Waals surface area contributed by atoms with E-state index in [-0.39, 0.29) is 11.9 Å². The normalized spacial score (nSPS) is 22.8. The maximum Gasteiger partial charge on any atom is 0.253 e. The molecule has 112 valence electrons. The molecule has 4 nitrogen and oxygen atoms in total. The number of piperidine rings is 1.